The van der Waals surface area contributed by atoms with E-state index in [0.29, 0.717) is 5.56 Å². The minimum atomic E-state index is -2.24. The van der Waals surface area contributed by atoms with E-state index in [0.717, 1.165) is 4.47 Å². The molecule has 3 aromatic rings. The van der Waals surface area contributed by atoms with Crippen molar-refractivity contribution in [2.24, 2.45) is 0 Å². The van der Waals surface area contributed by atoms with Gasteiger partial charge in [-0.15, -0.1) is 0 Å². The molecule has 1 aliphatic heterocycles. The Labute approximate surface area is 180 Å². The van der Waals surface area contributed by atoms with Crippen molar-refractivity contribution in [3.05, 3.63) is 98.5 Å². The zero-order chi connectivity index (χ0) is 22.3. The van der Waals surface area contributed by atoms with Gasteiger partial charge in [-0.1, -0.05) is 34.1 Å². The van der Waals surface area contributed by atoms with Crippen molar-refractivity contribution >= 4 is 27.8 Å². The first-order chi connectivity index (χ1) is 14.8. The molecule has 0 aromatic heterocycles. The van der Waals surface area contributed by atoms with Gasteiger partial charge in [0.2, 0.25) is 11.6 Å². The summed E-state index contributed by atoms with van der Waals surface area (Å²) >= 11 is 3.37. The predicted octanol–water partition coefficient (Wildman–Crippen LogP) is 6.34. The first-order valence-corrected chi connectivity index (χ1v) is 9.53. The molecule has 0 fully saturated rings. The number of carbonyl (C=O) groups is 1. The number of allylic oxidation sites excluding steroid dienone is 1. The van der Waals surface area contributed by atoms with Crippen LogP contribution in [0.5, 0.6) is 11.5 Å². The van der Waals surface area contributed by atoms with Crippen LogP contribution in [0.4, 0.5) is 22.0 Å². The molecule has 0 unspecified atom stereocenters. The number of hydrogen-bond donors (Lipinski definition) is 0. The Morgan fingerprint density at radius 3 is 2.23 bits per heavy atom. The molecule has 0 aliphatic carbocycles. The molecule has 1 aliphatic rings. The fourth-order valence-electron chi connectivity index (χ4n) is 2.92. The van der Waals surface area contributed by atoms with E-state index in [1.165, 1.54) is 18.2 Å². The molecule has 3 nitrogen and oxygen atoms in total. The Morgan fingerprint density at radius 2 is 1.55 bits per heavy atom. The van der Waals surface area contributed by atoms with Crippen LogP contribution in [0.15, 0.2) is 52.7 Å². The summed E-state index contributed by atoms with van der Waals surface area (Å²) in [6.07, 6.45) is 1.54. The lowest BCUT2D eigenvalue weighted by Gasteiger charge is -2.10. The number of ether oxygens (including phenoxy) is 2. The van der Waals surface area contributed by atoms with Crippen LogP contribution < -0.4 is 9.47 Å². The summed E-state index contributed by atoms with van der Waals surface area (Å²) in [5.41, 5.74) is -0.160. The topological polar surface area (TPSA) is 35.5 Å². The van der Waals surface area contributed by atoms with Gasteiger partial charge in [0, 0.05) is 10.5 Å². The SMILES string of the molecule is O=C1C(=Cc2ccccc2Br)Oc2cc(OCc3c(F)c(F)c(F)c(F)c3F)ccc21. The van der Waals surface area contributed by atoms with Crippen LogP contribution in [-0.2, 0) is 6.61 Å². The van der Waals surface area contributed by atoms with Crippen LogP contribution in [-0.4, -0.2) is 5.78 Å². The molecule has 9 heteroatoms. The Kier molecular flexibility index (Phi) is 5.53. The van der Waals surface area contributed by atoms with E-state index in [-0.39, 0.29) is 28.6 Å². The molecular weight excluding hydrogens is 487 g/mol. The molecule has 0 amide bonds. The minimum Gasteiger partial charge on any atom is -0.489 e. The minimum absolute atomic E-state index is 0.0117. The second-order valence-electron chi connectivity index (χ2n) is 6.46. The lowest BCUT2D eigenvalue weighted by atomic mass is 10.1. The third-order valence-electron chi connectivity index (χ3n) is 4.52. The van der Waals surface area contributed by atoms with E-state index in [1.807, 2.05) is 6.07 Å². The van der Waals surface area contributed by atoms with Gasteiger partial charge in [0.25, 0.3) is 0 Å². The first kappa shape index (κ1) is 21.0. The van der Waals surface area contributed by atoms with Crippen molar-refractivity contribution in [3.8, 4) is 11.5 Å². The summed E-state index contributed by atoms with van der Waals surface area (Å²) in [6.45, 7) is -0.918. The van der Waals surface area contributed by atoms with E-state index in [1.54, 1.807) is 24.3 Å². The lowest BCUT2D eigenvalue weighted by molar-refractivity contribution is 0.101. The number of hydrogen-bond acceptors (Lipinski definition) is 3. The van der Waals surface area contributed by atoms with E-state index < -0.39 is 41.3 Å². The third kappa shape index (κ3) is 3.81. The van der Waals surface area contributed by atoms with Crippen LogP contribution >= 0.6 is 15.9 Å². The fraction of sp³-hybridized carbons (Fsp3) is 0.0455. The summed E-state index contributed by atoms with van der Waals surface area (Å²) in [5, 5.41) is 0. The Balaban J connectivity index is 1.57. The van der Waals surface area contributed by atoms with Crippen LogP contribution in [0.1, 0.15) is 21.5 Å². The summed E-state index contributed by atoms with van der Waals surface area (Å²) in [4.78, 5) is 12.5. The normalized spacial score (nSPS) is 14.0. The zero-order valence-electron chi connectivity index (χ0n) is 15.3. The van der Waals surface area contributed by atoms with Crippen LogP contribution in [0.3, 0.4) is 0 Å². The number of fused-ring (bicyclic) bond motifs is 1. The molecule has 0 saturated carbocycles. The third-order valence-corrected chi connectivity index (χ3v) is 5.24. The summed E-state index contributed by atoms with van der Waals surface area (Å²) in [6, 6.07) is 11.2. The molecule has 158 valence electrons. The number of rotatable bonds is 4. The number of halogens is 6. The maximum Gasteiger partial charge on any atom is 0.231 e. The van der Waals surface area contributed by atoms with Crippen molar-refractivity contribution in [3.63, 3.8) is 0 Å². The first-order valence-electron chi connectivity index (χ1n) is 8.74. The van der Waals surface area contributed by atoms with E-state index in [2.05, 4.69) is 15.9 Å². The maximum absolute atomic E-state index is 13.8. The molecular formula is C22H10BrF5O3. The molecule has 4 rings (SSSR count). The van der Waals surface area contributed by atoms with Gasteiger partial charge in [-0.05, 0) is 29.8 Å². The molecule has 0 N–H and O–H groups in total. The second kappa shape index (κ2) is 8.14. The highest BCUT2D eigenvalue weighted by Gasteiger charge is 2.29. The van der Waals surface area contributed by atoms with Gasteiger partial charge in [-0.3, -0.25) is 4.79 Å². The molecule has 31 heavy (non-hydrogen) atoms. The summed E-state index contributed by atoms with van der Waals surface area (Å²) in [5.74, 6) is -10.5. The quantitative estimate of drug-likeness (QED) is 0.183. The number of carbonyl (C=O) groups excluding carboxylic acids is 1. The van der Waals surface area contributed by atoms with Gasteiger partial charge < -0.3 is 9.47 Å². The van der Waals surface area contributed by atoms with Gasteiger partial charge in [-0.2, -0.15) is 0 Å². The number of ketones is 1. The number of Topliss-reactive ketones (excluding diaryl/α,β-unsaturated/α-hetero) is 1. The highest BCUT2D eigenvalue weighted by molar-refractivity contribution is 9.10. The van der Waals surface area contributed by atoms with Crippen molar-refractivity contribution in [1.82, 2.24) is 0 Å². The van der Waals surface area contributed by atoms with Crippen molar-refractivity contribution in [2.75, 3.05) is 0 Å². The Hall–Kier alpha value is -3.20. The molecule has 3 aromatic carbocycles. The van der Waals surface area contributed by atoms with Crippen molar-refractivity contribution in [2.45, 2.75) is 6.61 Å². The maximum atomic E-state index is 13.8. The standard InChI is InChI=1S/C22H10BrF5O3/c23-14-4-2-1-3-10(14)7-16-22(29)12-6-5-11(8-15(12)31-16)30-9-13-17(24)19(26)21(28)20(27)18(13)25/h1-8H,9H2. The predicted molar refractivity (Wildman–Crippen MR) is 104 cm³/mol. The lowest BCUT2D eigenvalue weighted by Crippen LogP contribution is -2.09. The fourth-order valence-corrected chi connectivity index (χ4v) is 3.32. The van der Waals surface area contributed by atoms with Gasteiger partial charge in [0.1, 0.15) is 18.1 Å². The van der Waals surface area contributed by atoms with Gasteiger partial charge in [0.15, 0.2) is 29.0 Å². The van der Waals surface area contributed by atoms with E-state index in [9.17, 15) is 26.7 Å². The van der Waals surface area contributed by atoms with Crippen LogP contribution in [0.2, 0.25) is 0 Å². The molecule has 0 spiro atoms. The number of benzene rings is 3. The average Bonchev–Trinajstić information content (AvgIpc) is 3.07. The second-order valence-corrected chi connectivity index (χ2v) is 7.31. The largest absolute Gasteiger partial charge is 0.489 e. The zero-order valence-corrected chi connectivity index (χ0v) is 16.9. The van der Waals surface area contributed by atoms with Crippen molar-refractivity contribution < 1.29 is 36.2 Å². The monoisotopic (exact) mass is 496 g/mol. The Bertz CT molecular complexity index is 1230. The smallest absolute Gasteiger partial charge is 0.231 e. The average molecular weight is 497 g/mol. The van der Waals surface area contributed by atoms with Crippen LogP contribution in [0.25, 0.3) is 6.08 Å². The highest BCUT2D eigenvalue weighted by atomic mass is 79.9. The van der Waals surface area contributed by atoms with Crippen LogP contribution in [0, 0.1) is 29.1 Å². The van der Waals surface area contributed by atoms with E-state index >= 15 is 0 Å². The summed E-state index contributed by atoms with van der Waals surface area (Å²) in [7, 11) is 0. The Morgan fingerprint density at radius 1 is 0.903 bits per heavy atom. The van der Waals surface area contributed by atoms with Gasteiger partial charge >= 0.3 is 0 Å². The molecule has 0 radical (unpaired) electrons. The van der Waals surface area contributed by atoms with Gasteiger partial charge in [-0.25, -0.2) is 22.0 Å². The van der Waals surface area contributed by atoms with Crippen molar-refractivity contribution in [1.29, 1.82) is 0 Å². The molecule has 0 bridgehead atoms. The highest BCUT2D eigenvalue weighted by Crippen LogP contribution is 2.36. The van der Waals surface area contributed by atoms with Gasteiger partial charge in [0.05, 0.1) is 11.1 Å². The summed E-state index contributed by atoms with van der Waals surface area (Å²) < 4.78 is 78.8. The van der Waals surface area contributed by atoms with E-state index in [4.69, 9.17) is 9.47 Å². The molecule has 0 atom stereocenters. The molecule has 0 saturated heterocycles. The molecule has 1 heterocycles.